The summed E-state index contributed by atoms with van der Waals surface area (Å²) in [4.78, 5) is 8.55. The predicted molar refractivity (Wildman–Crippen MR) is 60.7 cm³/mol. The van der Waals surface area contributed by atoms with E-state index < -0.39 is 0 Å². The van der Waals surface area contributed by atoms with Gasteiger partial charge in [-0.1, -0.05) is 0 Å². The first kappa shape index (κ1) is 10.8. The largest absolute Gasteiger partial charge is 0.472 e. The molecule has 0 amide bonds. The molecule has 0 spiro atoms. The summed E-state index contributed by atoms with van der Waals surface area (Å²) in [6.45, 7) is 4.82. The Morgan fingerprint density at radius 3 is 2.88 bits per heavy atom. The number of hydrogen-bond acceptors (Lipinski definition) is 4. The van der Waals surface area contributed by atoms with Crippen molar-refractivity contribution in [3.8, 4) is 0 Å². The highest BCUT2D eigenvalue weighted by molar-refractivity contribution is 5.13. The van der Waals surface area contributed by atoms with E-state index in [1.807, 2.05) is 13.0 Å². The molecule has 2 aromatic rings. The van der Waals surface area contributed by atoms with Gasteiger partial charge in [-0.25, -0.2) is 0 Å². The first-order valence-electron chi connectivity index (χ1n) is 5.29. The van der Waals surface area contributed by atoms with Crippen molar-refractivity contribution >= 4 is 0 Å². The summed E-state index contributed by atoms with van der Waals surface area (Å²) in [5.74, 6) is 0. The Kier molecular flexibility index (Phi) is 3.31. The molecule has 0 bridgehead atoms. The van der Waals surface area contributed by atoms with E-state index >= 15 is 0 Å². The lowest BCUT2D eigenvalue weighted by molar-refractivity contribution is 0.538. The fourth-order valence-electron chi connectivity index (χ4n) is 1.60. The van der Waals surface area contributed by atoms with Gasteiger partial charge in [0.1, 0.15) is 0 Å². The van der Waals surface area contributed by atoms with E-state index in [9.17, 15) is 0 Å². The topological polar surface area (TPSA) is 51.0 Å². The summed E-state index contributed by atoms with van der Waals surface area (Å²) >= 11 is 0. The first-order valence-corrected chi connectivity index (χ1v) is 5.29. The fourth-order valence-corrected chi connectivity index (χ4v) is 1.60. The molecule has 2 rings (SSSR count). The van der Waals surface area contributed by atoms with Gasteiger partial charge < -0.3 is 9.73 Å². The Labute approximate surface area is 94.7 Å². The van der Waals surface area contributed by atoms with Crippen molar-refractivity contribution < 1.29 is 4.42 Å². The van der Waals surface area contributed by atoms with Crippen LogP contribution in [0.1, 0.15) is 29.9 Å². The van der Waals surface area contributed by atoms with Crippen LogP contribution in [-0.2, 0) is 6.54 Å². The third kappa shape index (κ3) is 2.46. The van der Waals surface area contributed by atoms with Crippen LogP contribution in [0.25, 0.3) is 0 Å². The number of hydrogen-bond donors (Lipinski definition) is 1. The average molecular weight is 217 g/mol. The minimum Gasteiger partial charge on any atom is -0.472 e. The minimum absolute atomic E-state index is 0.184. The molecule has 0 saturated heterocycles. The van der Waals surface area contributed by atoms with Crippen LogP contribution >= 0.6 is 0 Å². The molecular weight excluding hydrogens is 202 g/mol. The smallest absolute Gasteiger partial charge is 0.0947 e. The maximum Gasteiger partial charge on any atom is 0.0947 e. The van der Waals surface area contributed by atoms with Gasteiger partial charge in [0, 0.05) is 30.5 Å². The number of nitrogens with one attached hydrogen (secondary N) is 1. The first-order chi connectivity index (χ1) is 7.77. The lowest BCUT2D eigenvalue weighted by Crippen LogP contribution is -2.20. The molecule has 0 saturated carbocycles. The lowest BCUT2D eigenvalue weighted by Gasteiger charge is -2.13. The highest BCUT2D eigenvalue weighted by atomic mass is 16.3. The molecular formula is C12H15N3O. The average Bonchev–Trinajstić information content (AvgIpc) is 2.79. The van der Waals surface area contributed by atoms with Gasteiger partial charge in [0.15, 0.2) is 0 Å². The van der Waals surface area contributed by atoms with Gasteiger partial charge in [-0.15, -0.1) is 0 Å². The van der Waals surface area contributed by atoms with Crippen molar-refractivity contribution in [3.63, 3.8) is 0 Å². The summed E-state index contributed by atoms with van der Waals surface area (Å²) in [5.41, 5.74) is 3.09. The summed E-state index contributed by atoms with van der Waals surface area (Å²) in [7, 11) is 0. The molecule has 1 atom stereocenters. The highest BCUT2D eigenvalue weighted by Gasteiger charge is 2.09. The molecule has 0 aliphatic rings. The zero-order valence-electron chi connectivity index (χ0n) is 9.47. The summed E-state index contributed by atoms with van der Waals surface area (Å²) < 4.78 is 5.01. The molecule has 2 heterocycles. The predicted octanol–water partition coefficient (Wildman–Crippen LogP) is 2.23. The number of aryl methyl sites for hydroxylation is 1. The van der Waals surface area contributed by atoms with E-state index in [-0.39, 0.29) is 6.04 Å². The second-order valence-corrected chi connectivity index (χ2v) is 3.76. The fraction of sp³-hybridized carbons (Fsp3) is 0.333. The Morgan fingerprint density at radius 1 is 1.38 bits per heavy atom. The maximum atomic E-state index is 5.01. The molecule has 4 heteroatoms. The minimum atomic E-state index is 0.184. The van der Waals surface area contributed by atoms with Crippen molar-refractivity contribution in [2.45, 2.75) is 26.4 Å². The van der Waals surface area contributed by atoms with Crippen molar-refractivity contribution in [1.82, 2.24) is 15.3 Å². The summed E-state index contributed by atoms with van der Waals surface area (Å²) in [5, 5.41) is 3.38. The van der Waals surface area contributed by atoms with Crippen LogP contribution in [0.2, 0.25) is 0 Å². The van der Waals surface area contributed by atoms with Crippen LogP contribution < -0.4 is 5.32 Å². The Morgan fingerprint density at radius 2 is 2.19 bits per heavy atom. The normalized spacial score (nSPS) is 12.6. The summed E-state index contributed by atoms with van der Waals surface area (Å²) in [6, 6.07) is 2.13. The van der Waals surface area contributed by atoms with Gasteiger partial charge in [-0.3, -0.25) is 9.97 Å². The molecule has 1 unspecified atom stereocenters. The zero-order valence-corrected chi connectivity index (χ0v) is 9.47. The van der Waals surface area contributed by atoms with Crippen molar-refractivity contribution in [1.29, 1.82) is 0 Å². The molecule has 0 radical (unpaired) electrons. The van der Waals surface area contributed by atoms with E-state index in [0.29, 0.717) is 0 Å². The van der Waals surface area contributed by atoms with Gasteiger partial charge in [-0.05, 0) is 19.9 Å². The van der Waals surface area contributed by atoms with Gasteiger partial charge in [0.2, 0.25) is 0 Å². The van der Waals surface area contributed by atoms with E-state index in [4.69, 9.17) is 4.42 Å². The van der Waals surface area contributed by atoms with E-state index in [0.717, 1.165) is 23.5 Å². The molecule has 0 aliphatic carbocycles. The van der Waals surface area contributed by atoms with Crippen LogP contribution in [0.4, 0.5) is 0 Å². The van der Waals surface area contributed by atoms with Crippen LogP contribution in [0.3, 0.4) is 0 Å². The Balaban J connectivity index is 1.98. The maximum absolute atomic E-state index is 5.01. The van der Waals surface area contributed by atoms with Crippen molar-refractivity contribution in [2.24, 2.45) is 0 Å². The summed E-state index contributed by atoms with van der Waals surface area (Å²) in [6.07, 6.45) is 6.85. The van der Waals surface area contributed by atoms with E-state index in [2.05, 4.69) is 22.2 Å². The van der Waals surface area contributed by atoms with E-state index in [1.165, 1.54) is 0 Å². The Hall–Kier alpha value is -1.68. The van der Waals surface area contributed by atoms with Crippen molar-refractivity contribution in [3.05, 3.63) is 47.9 Å². The second-order valence-electron chi connectivity index (χ2n) is 3.76. The van der Waals surface area contributed by atoms with Crippen LogP contribution in [0, 0.1) is 6.92 Å². The third-order valence-electron chi connectivity index (χ3n) is 2.52. The molecule has 2 aromatic heterocycles. The molecule has 0 aliphatic heterocycles. The number of aromatic nitrogens is 2. The third-order valence-corrected chi connectivity index (χ3v) is 2.52. The molecule has 0 fully saturated rings. The lowest BCUT2D eigenvalue weighted by atomic mass is 10.2. The van der Waals surface area contributed by atoms with Gasteiger partial charge in [-0.2, -0.15) is 0 Å². The molecule has 0 aromatic carbocycles. The van der Waals surface area contributed by atoms with Crippen LogP contribution in [-0.4, -0.2) is 9.97 Å². The number of nitrogens with zero attached hydrogens (tertiary/aromatic N) is 2. The monoisotopic (exact) mass is 217 g/mol. The SMILES string of the molecule is Cc1nccnc1C(C)NCc1ccoc1. The second kappa shape index (κ2) is 4.90. The van der Waals surface area contributed by atoms with Gasteiger partial charge >= 0.3 is 0 Å². The number of rotatable bonds is 4. The van der Waals surface area contributed by atoms with Crippen molar-refractivity contribution in [2.75, 3.05) is 0 Å². The molecule has 16 heavy (non-hydrogen) atoms. The number of furan rings is 1. The van der Waals surface area contributed by atoms with Crippen LogP contribution in [0.15, 0.2) is 35.4 Å². The molecule has 84 valence electrons. The van der Waals surface area contributed by atoms with Gasteiger partial charge in [0.05, 0.1) is 23.9 Å². The highest BCUT2D eigenvalue weighted by Crippen LogP contribution is 2.12. The van der Waals surface area contributed by atoms with Crippen LogP contribution in [0.5, 0.6) is 0 Å². The molecule has 1 N–H and O–H groups in total. The zero-order chi connectivity index (χ0) is 11.4. The standard InChI is InChI=1S/C12H15N3O/c1-9-12(14-5-4-13-9)10(2)15-7-11-3-6-16-8-11/h3-6,8,10,15H,7H2,1-2H3. The quantitative estimate of drug-likeness (QED) is 0.853. The van der Waals surface area contributed by atoms with E-state index in [1.54, 1.807) is 24.9 Å². The Bertz CT molecular complexity index is 439. The molecule has 4 nitrogen and oxygen atoms in total. The van der Waals surface area contributed by atoms with Gasteiger partial charge in [0.25, 0.3) is 0 Å².